The van der Waals surface area contributed by atoms with Gasteiger partial charge < -0.3 is 16.4 Å². The minimum atomic E-state index is 0.509. The topological polar surface area (TPSA) is 67.2 Å². The van der Waals surface area contributed by atoms with Crippen LogP contribution >= 0.6 is 0 Å². The molecule has 1 aliphatic heterocycles. The smallest absolute Gasteiger partial charge is 0.211 e. The molecule has 0 saturated heterocycles. The van der Waals surface area contributed by atoms with Gasteiger partial charge in [0.25, 0.3) is 0 Å². The van der Waals surface area contributed by atoms with Crippen LogP contribution in [0.2, 0.25) is 0 Å². The van der Waals surface area contributed by atoms with E-state index in [0.717, 1.165) is 25.0 Å². The fraction of sp³-hybridized carbons (Fsp3) is 0.267. The van der Waals surface area contributed by atoms with Crippen LogP contribution in [-0.2, 0) is 4.79 Å². The highest BCUT2D eigenvalue weighted by Crippen LogP contribution is 2.16. The van der Waals surface area contributed by atoms with E-state index in [2.05, 4.69) is 41.0 Å². The molecule has 0 spiro atoms. The number of amides is 1. The number of nitrogens with one attached hydrogen (secondary N) is 2. The third-order valence-corrected chi connectivity index (χ3v) is 2.58. The first-order chi connectivity index (χ1) is 9.29. The molecule has 4 heteroatoms. The summed E-state index contributed by atoms with van der Waals surface area (Å²) in [5, 5.41) is 5.51. The number of hydrogen-bond acceptors (Lipinski definition) is 3. The molecule has 0 unspecified atom stereocenters. The number of hydrogen-bond donors (Lipinski definition) is 3. The summed E-state index contributed by atoms with van der Waals surface area (Å²) in [7, 11) is 0. The Morgan fingerprint density at radius 1 is 1.11 bits per heavy atom. The molecule has 0 radical (unpaired) electrons. The van der Waals surface area contributed by atoms with Gasteiger partial charge >= 0.3 is 0 Å². The first kappa shape index (κ1) is 14.8. The van der Waals surface area contributed by atoms with Crippen LogP contribution in [0.5, 0.6) is 0 Å². The fourth-order valence-electron chi connectivity index (χ4n) is 1.58. The van der Waals surface area contributed by atoms with Crippen molar-refractivity contribution in [2.75, 3.05) is 0 Å². The second-order valence-electron chi connectivity index (χ2n) is 4.01. The maximum absolute atomic E-state index is 10.3. The monoisotopic (exact) mass is 259 g/mol. The van der Waals surface area contributed by atoms with Crippen LogP contribution in [0.4, 0.5) is 0 Å². The summed E-state index contributed by atoms with van der Waals surface area (Å²) in [6.45, 7) is 2.02. The molecule has 0 aliphatic carbocycles. The van der Waals surface area contributed by atoms with E-state index < -0.39 is 0 Å². The number of nitrogens with two attached hydrogens (primary N) is 1. The molecule has 4 nitrogen and oxygen atoms in total. The fourth-order valence-corrected chi connectivity index (χ4v) is 1.58. The largest absolute Gasteiger partial charge is 0.383 e. The lowest BCUT2D eigenvalue weighted by molar-refractivity contribution is -0.109. The van der Waals surface area contributed by atoms with Crippen molar-refractivity contribution in [2.24, 2.45) is 5.73 Å². The molecule has 0 aromatic heterocycles. The second-order valence-corrected chi connectivity index (χ2v) is 4.01. The molecular formula is C15H21N3O. The second kappa shape index (κ2) is 8.80. The molecule has 0 aromatic carbocycles. The van der Waals surface area contributed by atoms with Gasteiger partial charge in [-0.05, 0) is 26.2 Å². The van der Waals surface area contributed by atoms with E-state index >= 15 is 0 Å². The maximum atomic E-state index is 10.3. The van der Waals surface area contributed by atoms with Crippen LogP contribution in [0.15, 0.2) is 59.7 Å². The van der Waals surface area contributed by atoms with E-state index in [9.17, 15) is 4.79 Å². The van der Waals surface area contributed by atoms with Gasteiger partial charge in [0.1, 0.15) is 11.5 Å². The van der Waals surface area contributed by atoms with Crippen LogP contribution < -0.4 is 16.4 Å². The average molecular weight is 259 g/mol. The first-order valence-corrected chi connectivity index (χ1v) is 6.38. The molecular weight excluding hydrogens is 238 g/mol. The predicted molar refractivity (Wildman–Crippen MR) is 78.6 cm³/mol. The van der Waals surface area contributed by atoms with Crippen LogP contribution in [0, 0.1) is 0 Å². The van der Waals surface area contributed by atoms with Gasteiger partial charge in [0.15, 0.2) is 0 Å². The van der Waals surface area contributed by atoms with Crippen molar-refractivity contribution in [3.8, 4) is 0 Å². The summed E-state index contributed by atoms with van der Waals surface area (Å²) >= 11 is 0. The highest BCUT2D eigenvalue weighted by Gasteiger charge is 2.18. The van der Waals surface area contributed by atoms with E-state index in [4.69, 9.17) is 5.73 Å². The predicted octanol–water partition coefficient (Wildman–Crippen LogP) is 2.21. The lowest BCUT2D eigenvalue weighted by Gasteiger charge is -2.25. The maximum Gasteiger partial charge on any atom is 0.211 e. The van der Waals surface area contributed by atoms with Gasteiger partial charge in [0.05, 0.1) is 5.70 Å². The molecule has 0 aromatic rings. The summed E-state index contributed by atoms with van der Waals surface area (Å²) in [5.74, 6) is 0.509. The van der Waals surface area contributed by atoms with E-state index in [1.165, 1.54) is 0 Å². The molecule has 0 bridgehead atoms. The number of rotatable bonds is 8. The Labute approximate surface area is 114 Å². The summed E-state index contributed by atoms with van der Waals surface area (Å²) in [6, 6.07) is 0. The quantitative estimate of drug-likeness (QED) is 0.462. The van der Waals surface area contributed by atoms with Crippen LogP contribution in [-0.4, -0.2) is 6.41 Å². The Bertz CT molecular complexity index is 442. The Morgan fingerprint density at radius 3 is 2.32 bits per heavy atom. The van der Waals surface area contributed by atoms with Crippen molar-refractivity contribution >= 4 is 6.41 Å². The van der Waals surface area contributed by atoms with Crippen molar-refractivity contribution < 1.29 is 4.79 Å². The summed E-state index contributed by atoms with van der Waals surface area (Å²) in [5.41, 5.74) is 7.13. The summed E-state index contributed by atoms with van der Waals surface area (Å²) in [6.07, 6.45) is 18.0. The van der Waals surface area contributed by atoms with Crippen molar-refractivity contribution in [3.05, 3.63) is 59.7 Å². The summed E-state index contributed by atoms with van der Waals surface area (Å²) < 4.78 is 0. The average Bonchev–Trinajstić information content (AvgIpc) is 2.41. The van der Waals surface area contributed by atoms with Crippen molar-refractivity contribution in [2.45, 2.75) is 26.2 Å². The Balaban J connectivity index is 2.24. The molecule has 4 N–H and O–H groups in total. The molecule has 1 rings (SSSR count). The molecule has 102 valence electrons. The van der Waals surface area contributed by atoms with E-state index in [1.807, 2.05) is 19.1 Å². The van der Waals surface area contributed by atoms with Crippen molar-refractivity contribution in [1.29, 1.82) is 0 Å². The lowest BCUT2D eigenvalue weighted by atomic mass is 10.1. The van der Waals surface area contributed by atoms with Crippen LogP contribution in [0.3, 0.4) is 0 Å². The number of allylic oxidation sites excluding steroid dienone is 7. The van der Waals surface area contributed by atoms with Gasteiger partial charge in [0.2, 0.25) is 6.41 Å². The SMILES string of the molecule is C/C=C\C/C=C\C/C=C\C/C=C1\NC(N)=C1NC=O. The Hall–Kier alpha value is -2.23. The standard InChI is InChI=1S/C15H21N3O/c1-2-3-4-5-6-7-8-9-10-11-13-14(17-12-19)15(16)18-13/h2-3,5-6,8-9,11-12,18H,4,7,10,16H2,1H3,(H,17,19)/b3-2-,6-5-,9-8-,13-11-. The Kier molecular flexibility index (Phi) is 6.87. The van der Waals surface area contributed by atoms with Gasteiger partial charge in [0, 0.05) is 0 Å². The molecule has 0 atom stereocenters. The molecule has 0 fully saturated rings. The zero-order valence-electron chi connectivity index (χ0n) is 11.2. The highest BCUT2D eigenvalue weighted by molar-refractivity contribution is 5.57. The van der Waals surface area contributed by atoms with Gasteiger partial charge in [-0.25, -0.2) is 0 Å². The van der Waals surface area contributed by atoms with Gasteiger partial charge in [-0.2, -0.15) is 0 Å². The van der Waals surface area contributed by atoms with Crippen LogP contribution in [0.1, 0.15) is 26.2 Å². The van der Waals surface area contributed by atoms with Crippen molar-refractivity contribution in [1.82, 2.24) is 10.6 Å². The number of carbonyl (C=O) groups excluding carboxylic acids is 1. The molecule has 0 saturated carbocycles. The zero-order valence-corrected chi connectivity index (χ0v) is 11.2. The summed E-state index contributed by atoms with van der Waals surface area (Å²) in [4.78, 5) is 10.3. The van der Waals surface area contributed by atoms with E-state index in [-0.39, 0.29) is 0 Å². The normalized spacial score (nSPS) is 17.4. The molecule has 1 aliphatic rings. The van der Waals surface area contributed by atoms with Gasteiger partial charge in [-0.1, -0.05) is 42.5 Å². The molecule has 1 amide bonds. The minimum Gasteiger partial charge on any atom is -0.383 e. The van der Waals surface area contributed by atoms with Crippen LogP contribution in [0.25, 0.3) is 0 Å². The third-order valence-electron chi connectivity index (χ3n) is 2.58. The lowest BCUT2D eigenvalue weighted by Crippen LogP contribution is -2.39. The first-order valence-electron chi connectivity index (χ1n) is 6.38. The van der Waals surface area contributed by atoms with Crippen molar-refractivity contribution in [3.63, 3.8) is 0 Å². The van der Waals surface area contributed by atoms with Gasteiger partial charge in [-0.3, -0.25) is 4.79 Å². The molecule has 19 heavy (non-hydrogen) atoms. The third kappa shape index (κ3) is 5.29. The minimum absolute atomic E-state index is 0.509. The van der Waals surface area contributed by atoms with E-state index in [0.29, 0.717) is 17.9 Å². The Morgan fingerprint density at radius 2 is 1.74 bits per heavy atom. The van der Waals surface area contributed by atoms with E-state index in [1.54, 1.807) is 0 Å². The van der Waals surface area contributed by atoms with Gasteiger partial charge in [-0.15, -0.1) is 0 Å². The zero-order chi connectivity index (χ0) is 13.9. The number of carbonyl (C=O) groups is 1. The highest BCUT2D eigenvalue weighted by atomic mass is 16.1. The molecule has 1 heterocycles.